The average molecular weight is 251 g/mol. The van der Waals surface area contributed by atoms with E-state index in [-0.39, 0.29) is 5.82 Å². The third-order valence-electron chi connectivity index (χ3n) is 1.20. The second kappa shape index (κ2) is 4.72. The SMILES string of the molecule is Fc1cc(Br)cc(OCCS)c1. The van der Waals surface area contributed by atoms with Crippen LogP contribution < -0.4 is 4.74 Å². The molecule has 0 radical (unpaired) electrons. The van der Waals surface area contributed by atoms with Crippen LogP contribution in [0.25, 0.3) is 0 Å². The van der Waals surface area contributed by atoms with Gasteiger partial charge in [-0.3, -0.25) is 0 Å². The summed E-state index contributed by atoms with van der Waals surface area (Å²) < 4.78 is 18.6. The minimum atomic E-state index is -0.307. The Morgan fingerprint density at radius 1 is 1.42 bits per heavy atom. The second-order valence-electron chi connectivity index (χ2n) is 2.18. The first-order valence-corrected chi connectivity index (χ1v) is 4.84. The zero-order valence-electron chi connectivity index (χ0n) is 6.26. The first-order valence-electron chi connectivity index (χ1n) is 3.42. The van der Waals surface area contributed by atoms with Crippen LogP contribution >= 0.6 is 28.6 Å². The van der Waals surface area contributed by atoms with Crippen LogP contribution in [0.2, 0.25) is 0 Å². The quantitative estimate of drug-likeness (QED) is 0.812. The van der Waals surface area contributed by atoms with Gasteiger partial charge in [-0.05, 0) is 12.1 Å². The van der Waals surface area contributed by atoms with Gasteiger partial charge in [0.2, 0.25) is 0 Å². The lowest BCUT2D eigenvalue weighted by molar-refractivity contribution is 0.342. The molecular formula is C8H8BrFOS. The molecule has 1 aromatic carbocycles. The fraction of sp³-hybridized carbons (Fsp3) is 0.250. The van der Waals surface area contributed by atoms with Crippen molar-refractivity contribution in [3.05, 3.63) is 28.5 Å². The zero-order chi connectivity index (χ0) is 8.97. The van der Waals surface area contributed by atoms with Crippen molar-refractivity contribution in [2.24, 2.45) is 0 Å². The van der Waals surface area contributed by atoms with E-state index in [4.69, 9.17) is 4.74 Å². The molecule has 0 aliphatic rings. The van der Waals surface area contributed by atoms with E-state index in [0.717, 1.165) is 0 Å². The molecule has 0 unspecified atom stereocenters. The summed E-state index contributed by atoms with van der Waals surface area (Å²) in [6, 6.07) is 4.44. The normalized spacial score (nSPS) is 9.92. The van der Waals surface area contributed by atoms with E-state index >= 15 is 0 Å². The third-order valence-corrected chi connectivity index (χ3v) is 1.84. The molecule has 1 rings (SSSR count). The predicted molar refractivity (Wildman–Crippen MR) is 53.4 cm³/mol. The second-order valence-corrected chi connectivity index (χ2v) is 3.54. The van der Waals surface area contributed by atoms with Crippen LogP contribution in [-0.4, -0.2) is 12.4 Å². The molecular weight excluding hydrogens is 243 g/mol. The number of hydrogen-bond acceptors (Lipinski definition) is 2. The molecule has 12 heavy (non-hydrogen) atoms. The maximum atomic E-state index is 12.7. The predicted octanol–water partition coefficient (Wildman–Crippen LogP) is 2.90. The molecule has 0 fully saturated rings. The smallest absolute Gasteiger partial charge is 0.128 e. The maximum absolute atomic E-state index is 12.7. The largest absolute Gasteiger partial charge is 0.493 e. The molecule has 0 atom stereocenters. The molecule has 1 aromatic rings. The van der Waals surface area contributed by atoms with Gasteiger partial charge in [-0.1, -0.05) is 15.9 Å². The lowest BCUT2D eigenvalue weighted by atomic mass is 10.3. The van der Waals surface area contributed by atoms with Gasteiger partial charge in [0.15, 0.2) is 0 Å². The van der Waals surface area contributed by atoms with Crippen molar-refractivity contribution >= 4 is 28.6 Å². The molecule has 0 saturated carbocycles. The van der Waals surface area contributed by atoms with E-state index in [1.165, 1.54) is 12.1 Å². The van der Waals surface area contributed by atoms with E-state index in [1.54, 1.807) is 6.07 Å². The van der Waals surface area contributed by atoms with E-state index in [2.05, 4.69) is 28.6 Å². The number of rotatable bonds is 3. The fourth-order valence-corrected chi connectivity index (χ4v) is 1.31. The Morgan fingerprint density at radius 3 is 2.75 bits per heavy atom. The summed E-state index contributed by atoms with van der Waals surface area (Å²) in [5.74, 6) is 0.836. The molecule has 0 bridgehead atoms. The van der Waals surface area contributed by atoms with Gasteiger partial charge in [0.25, 0.3) is 0 Å². The number of halogens is 2. The van der Waals surface area contributed by atoms with E-state index in [0.29, 0.717) is 22.6 Å². The molecule has 0 amide bonds. The Morgan fingerprint density at radius 2 is 2.17 bits per heavy atom. The molecule has 0 saturated heterocycles. The minimum absolute atomic E-state index is 0.307. The first-order chi connectivity index (χ1) is 5.72. The van der Waals surface area contributed by atoms with Crippen LogP contribution in [0, 0.1) is 5.82 Å². The molecule has 66 valence electrons. The van der Waals surface area contributed by atoms with E-state index in [1.807, 2.05) is 0 Å². The highest BCUT2D eigenvalue weighted by molar-refractivity contribution is 9.10. The zero-order valence-corrected chi connectivity index (χ0v) is 8.74. The molecule has 0 aliphatic carbocycles. The average Bonchev–Trinajstić information content (AvgIpc) is 1.99. The highest BCUT2D eigenvalue weighted by atomic mass is 79.9. The summed E-state index contributed by atoms with van der Waals surface area (Å²) in [6.45, 7) is 0.485. The van der Waals surface area contributed by atoms with Crippen LogP contribution in [0.15, 0.2) is 22.7 Å². The third kappa shape index (κ3) is 3.03. The van der Waals surface area contributed by atoms with Gasteiger partial charge in [-0.15, -0.1) is 0 Å². The van der Waals surface area contributed by atoms with Crippen LogP contribution in [0.5, 0.6) is 5.75 Å². The molecule has 0 aromatic heterocycles. The van der Waals surface area contributed by atoms with Gasteiger partial charge < -0.3 is 4.74 Å². The summed E-state index contributed by atoms with van der Waals surface area (Å²) in [4.78, 5) is 0. The van der Waals surface area contributed by atoms with Crippen LogP contribution in [0.1, 0.15) is 0 Å². The van der Waals surface area contributed by atoms with Gasteiger partial charge >= 0.3 is 0 Å². The molecule has 1 nitrogen and oxygen atoms in total. The molecule has 0 N–H and O–H groups in total. The topological polar surface area (TPSA) is 9.23 Å². The summed E-state index contributed by atoms with van der Waals surface area (Å²) >= 11 is 7.14. The lowest BCUT2D eigenvalue weighted by Gasteiger charge is -2.04. The number of hydrogen-bond donors (Lipinski definition) is 1. The number of ether oxygens (including phenoxy) is 1. The van der Waals surface area contributed by atoms with Crippen LogP contribution in [0.4, 0.5) is 4.39 Å². The van der Waals surface area contributed by atoms with Crippen molar-refractivity contribution in [2.45, 2.75) is 0 Å². The standard InChI is InChI=1S/C8H8BrFOS/c9-6-3-7(10)5-8(4-6)11-1-2-12/h3-5,12H,1-2H2. The Labute approximate surface area is 84.5 Å². The first kappa shape index (κ1) is 9.86. The molecule has 0 heterocycles. The fourth-order valence-electron chi connectivity index (χ4n) is 0.775. The van der Waals surface area contributed by atoms with Crippen molar-refractivity contribution in [1.82, 2.24) is 0 Å². The Hall–Kier alpha value is -0.220. The highest BCUT2D eigenvalue weighted by Gasteiger charge is 1.98. The maximum Gasteiger partial charge on any atom is 0.128 e. The van der Waals surface area contributed by atoms with Crippen LogP contribution in [-0.2, 0) is 0 Å². The summed E-state index contributed by atoms with van der Waals surface area (Å²) in [5, 5.41) is 0. The van der Waals surface area contributed by atoms with Crippen LogP contribution in [0.3, 0.4) is 0 Å². The van der Waals surface area contributed by atoms with Gasteiger partial charge in [-0.25, -0.2) is 4.39 Å². The lowest BCUT2D eigenvalue weighted by Crippen LogP contribution is -1.98. The highest BCUT2D eigenvalue weighted by Crippen LogP contribution is 2.20. The Bertz CT molecular complexity index is 247. The van der Waals surface area contributed by atoms with Crippen molar-refractivity contribution in [1.29, 1.82) is 0 Å². The van der Waals surface area contributed by atoms with E-state index in [9.17, 15) is 4.39 Å². The van der Waals surface area contributed by atoms with Crippen molar-refractivity contribution in [2.75, 3.05) is 12.4 Å². The van der Waals surface area contributed by atoms with Crippen molar-refractivity contribution in [3.63, 3.8) is 0 Å². The van der Waals surface area contributed by atoms with E-state index < -0.39 is 0 Å². The Kier molecular flexibility index (Phi) is 3.88. The summed E-state index contributed by atoms with van der Waals surface area (Å²) in [7, 11) is 0. The minimum Gasteiger partial charge on any atom is -0.493 e. The van der Waals surface area contributed by atoms with Gasteiger partial charge in [0.05, 0.1) is 6.61 Å². The molecule has 4 heteroatoms. The molecule has 0 spiro atoms. The number of thiol groups is 1. The number of benzene rings is 1. The van der Waals surface area contributed by atoms with Crippen molar-refractivity contribution in [3.8, 4) is 5.75 Å². The summed E-state index contributed by atoms with van der Waals surface area (Å²) in [5.41, 5.74) is 0. The Balaban J connectivity index is 2.72. The van der Waals surface area contributed by atoms with Crippen molar-refractivity contribution < 1.29 is 9.13 Å². The van der Waals surface area contributed by atoms with Gasteiger partial charge in [-0.2, -0.15) is 12.6 Å². The van der Waals surface area contributed by atoms with Gasteiger partial charge in [0.1, 0.15) is 11.6 Å². The molecule has 0 aliphatic heterocycles. The summed E-state index contributed by atoms with van der Waals surface area (Å²) in [6.07, 6.45) is 0. The monoisotopic (exact) mass is 250 g/mol. The van der Waals surface area contributed by atoms with Gasteiger partial charge in [0, 0.05) is 16.3 Å².